The lowest BCUT2D eigenvalue weighted by molar-refractivity contribution is 0.0894. The number of hydrogen-bond donors (Lipinski definition) is 2. The van der Waals surface area contributed by atoms with Crippen molar-refractivity contribution >= 4 is 18.3 Å². The fourth-order valence-corrected chi connectivity index (χ4v) is 2.82. The van der Waals surface area contributed by atoms with Gasteiger partial charge in [0.25, 0.3) is 5.91 Å². The van der Waals surface area contributed by atoms with Crippen molar-refractivity contribution < 1.29 is 14.3 Å². The monoisotopic (exact) mass is 328 g/mol. The van der Waals surface area contributed by atoms with Crippen molar-refractivity contribution in [1.82, 2.24) is 10.6 Å². The van der Waals surface area contributed by atoms with Crippen molar-refractivity contribution in [3.8, 4) is 11.5 Å². The zero-order valence-corrected chi connectivity index (χ0v) is 14.3. The highest BCUT2D eigenvalue weighted by Crippen LogP contribution is 2.25. The van der Waals surface area contributed by atoms with Crippen molar-refractivity contribution in [3.05, 3.63) is 23.8 Å². The number of benzene rings is 1. The lowest BCUT2D eigenvalue weighted by atomic mass is 9.89. The summed E-state index contributed by atoms with van der Waals surface area (Å²) in [7, 11) is 3.14. The molecule has 0 saturated carbocycles. The second-order valence-corrected chi connectivity index (χ2v) is 5.57. The maximum absolute atomic E-state index is 12.5. The van der Waals surface area contributed by atoms with Crippen molar-refractivity contribution in [2.45, 2.75) is 32.4 Å². The van der Waals surface area contributed by atoms with Gasteiger partial charge in [0.05, 0.1) is 19.8 Å². The number of amides is 1. The summed E-state index contributed by atoms with van der Waals surface area (Å²) in [4.78, 5) is 12.5. The molecule has 1 saturated heterocycles. The van der Waals surface area contributed by atoms with Gasteiger partial charge in [-0.25, -0.2) is 0 Å². The Bertz CT molecular complexity index is 500. The molecule has 0 bridgehead atoms. The molecule has 5 nitrogen and oxygen atoms in total. The van der Waals surface area contributed by atoms with Crippen LogP contribution < -0.4 is 20.1 Å². The number of rotatable bonds is 4. The first kappa shape index (κ1) is 18.6. The lowest BCUT2D eigenvalue weighted by Crippen LogP contribution is -2.55. The number of carbonyl (C=O) groups excluding carboxylic acids is 1. The molecule has 124 valence electrons. The van der Waals surface area contributed by atoms with E-state index in [1.807, 2.05) is 0 Å². The summed E-state index contributed by atoms with van der Waals surface area (Å²) in [5.41, 5.74) is 0.531. The zero-order valence-electron chi connectivity index (χ0n) is 13.5. The number of ether oxygens (including phenoxy) is 2. The highest BCUT2D eigenvalue weighted by Gasteiger charge is 2.29. The van der Waals surface area contributed by atoms with Gasteiger partial charge in [0.15, 0.2) is 0 Å². The molecule has 0 aliphatic carbocycles. The smallest absolute Gasteiger partial charge is 0.255 e. The van der Waals surface area contributed by atoms with E-state index in [9.17, 15) is 4.79 Å². The van der Waals surface area contributed by atoms with Crippen molar-refractivity contribution in [1.29, 1.82) is 0 Å². The molecule has 1 aliphatic rings. The van der Waals surface area contributed by atoms with Crippen molar-refractivity contribution in [3.63, 3.8) is 0 Å². The molecule has 22 heavy (non-hydrogen) atoms. The lowest BCUT2D eigenvalue weighted by Gasteiger charge is -2.36. The molecular formula is C16H25ClN2O3. The molecule has 1 amide bonds. The minimum atomic E-state index is -0.109. The first-order valence-electron chi connectivity index (χ1n) is 7.33. The number of nitrogens with one attached hydrogen (secondary N) is 2. The first-order valence-corrected chi connectivity index (χ1v) is 7.33. The minimum Gasteiger partial charge on any atom is -0.497 e. The summed E-state index contributed by atoms with van der Waals surface area (Å²) in [6.07, 6.45) is 1.06. The van der Waals surface area contributed by atoms with Crippen LogP contribution in [0.2, 0.25) is 0 Å². The average molecular weight is 329 g/mol. The minimum absolute atomic E-state index is 0. The van der Waals surface area contributed by atoms with E-state index in [1.54, 1.807) is 32.4 Å². The highest BCUT2D eigenvalue weighted by molar-refractivity contribution is 5.97. The third-order valence-corrected chi connectivity index (χ3v) is 4.17. The summed E-state index contributed by atoms with van der Waals surface area (Å²) in [5, 5.41) is 6.52. The van der Waals surface area contributed by atoms with Crippen LogP contribution >= 0.6 is 12.4 Å². The Labute approximate surface area is 138 Å². The van der Waals surface area contributed by atoms with E-state index in [0.29, 0.717) is 23.0 Å². The molecule has 2 N–H and O–H groups in total. The second-order valence-electron chi connectivity index (χ2n) is 5.57. The molecule has 0 aromatic heterocycles. The molecule has 0 spiro atoms. The van der Waals surface area contributed by atoms with Gasteiger partial charge in [-0.15, -0.1) is 12.4 Å². The van der Waals surface area contributed by atoms with Gasteiger partial charge in [-0.1, -0.05) is 6.92 Å². The summed E-state index contributed by atoms with van der Waals surface area (Å²) in [6, 6.07) is 5.61. The average Bonchev–Trinajstić information content (AvgIpc) is 2.50. The molecule has 0 radical (unpaired) electrons. The predicted octanol–water partition coefficient (Wildman–Crippen LogP) is 2.24. The van der Waals surface area contributed by atoms with E-state index < -0.39 is 0 Å². The quantitative estimate of drug-likeness (QED) is 0.890. The molecule has 6 heteroatoms. The summed E-state index contributed by atoms with van der Waals surface area (Å²) in [6.45, 7) is 5.28. The third-order valence-electron chi connectivity index (χ3n) is 4.17. The Morgan fingerprint density at radius 2 is 2.00 bits per heavy atom. The van der Waals surface area contributed by atoms with Gasteiger partial charge < -0.3 is 20.1 Å². The van der Waals surface area contributed by atoms with Gasteiger partial charge in [-0.3, -0.25) is 4.79 Å². The summed E-state index contributed by atoms with van der Waals surface area (Å²) in [5.74, 6) is 1.54. The molecule has 1 heterocycles. The zero-order chi connectivity index (χ0) is 15.4. The Kier molecular flexibility index (Phi) is 6.97. The van der Waals surface area contributed by atoms with Gasteiger partial charge in [-0.05, 0) is 37.9 Å². The van der Waals surface area contributed by atoms with Crippen LogP contribution in [0.3, 0.4) is 0 Å². The Morgan fingerprint density at radius 3 is 2.59 bits per heavy atom. The van der Waals surface area contributed by atoms with E-state index in [0.717, 1.165) is 13.0 Å². The van der Waals surface area contributed by atoms with Crippen molar-refractivity contribution in [2.75, 3.05) is 20.8 Å². The molecule has 1 aromatic rings. The number of methoxy groups -OCH3 is 2. The van der Waals surface area contributed by atoms with Gasteiger partial charge in [0, 0.05) is 18.2 Å². The van der Waals surface area contributed by atoms with E-state index in [1.165, 1.54) is 0 Å². The van der Waals surface area contributed by atoms with Crippen LogP contribution in [-0.4, -0.2) is 38.8 Å². The van der Waals surface area contributed by atoms with Crippen LogP contribution in [0.15, 0.2) is 18.2 Å². The van der Waals surface area contributed by atoms with Crippen molar-refractivity contribution in [2.24, 2.45) is 5.92 Å². The number of hydrogen-bond acceptors (Lipinski definition) is 4. The predicted molar refractivity (Wildman–Crippen MR) is 89.3 cm³/mol. The van der Waals surface area contributed by atoms with Gasteiger partial charge in [0.1, 0.15) is 11.5 Å². The standard InChI is InChI=1S/C16H24N2O3.ClH/c1-10-7-8-17-11(2)15(10)18-16(19)13-6-5-12(20-3)9-14(13)21-4;/h5-6,9-11,15,17H,7-8H2,1-4H3,(H,18,19);1H. The SMILES string of the molecule is COc1ccc(C(=O)NC2C(C)CCNC2C)c(OC)c1.Cl. The molecule has 1 aromatic carbocycles. The molecule has 3 atom stereocenters. The number of halogens is 1. The molecular weight excluding hydrogens is 304 g/mol. The van der Waals surface area contributed by atoms with Crippen LogP contribution in [-0.2, 0) is 0 Å². The molecule has 1 fully saturated rings. The first-order chi connectivity index (χ1) is 10.1. The fourth-order valence-electron chi connectivity index (χ4n) is 2.82. The normalized spacial score (nSPS) is 24.1. The molecule has 2 rings (SSSR count). The van der Waals surface area contributed by atoms with Crippen LogP contribution in [0, 0.1) is 5.92 Å². The number of piperidine rings is 1. The van der Waals surface area contributed by atoms with E-state index >= 15 is 0 Å². The van der Waals surface area contributed by atoms with Crippen LogP contribution in [0.1, 0.15) is 30.6 Å². The summed E-state index contributed by atoms with van der Waals surface area (Å²) >= 11 is 0. The fraction of sp³-hybridized carbons (Fsp3) is 0.562. The van der Waals surface area contributed by atoms with Crippen LogP contribution in [0.25, 0.3) is 0 Å². The maximum Gasteiger partial charge on any atom is 0.255 e. The topological polar surface area (TPSA) is 59.6 Å². The van der Waals surface area contributed by atoms with Gasteiger partial charge >= 0.3 is 0 Å². The van der Waals surface area contributed by atoms with Crippen LogP contribution in [0.4, 0.5) is 0 Å². The second kappa shape index (κ2) is 8.25. The largest absolute Gasteiger partial charge is 0.497 e. The third kappa shape index (κ3) is 4.05. The molecule has 1 aliphatic heterocycles. The van der Waals surface area contributed by atoms with E-state index in [2.05, 4.69) is 24.5 Å². The van der Waals surface area contributed by atoms with E-state index in [-0.39, 0.29) is 30.4 Å². The molecule has 3 unspecified atom stereocenters. The van der Waals surface area contributed by atoms with E-state index in [4.69, 9.17) is 9.47 Å². The maximum atomic E-state index is 12.5. The van der Waals surface area contributed by atoms with Crippen LogP contribution in [0.5, 0.6) is 11.5 Å². The Hall–Kier alpha value is -1.46. The summed E-state index contributed by atoms with van der Waals surface area (Å²) < 4.78 is 10.4. The van der Waals surface area contributed by atoms with Gasteiger partial charge in [-0.2, -0.15) is 0 Å². The van der Waals surface area contributed by atoms with Gasteiger partial charge in [0.2, 0.25) is 0 Å². The number of carbonyl (C=O) groups is 1. The highest BCUT2D eigenvalue weighted by atomic mass is 35.5. The Balaban J connectivity index is 0.00000242. The Morgan fingerprint density at radius 1 is 1.27 bits per heavy atom.